The van der Waals surface area contributed by atoms with Crippen molar-refractivity contribution in [3.63, 3.8) is 0 Å². The lowest BCUT2D eigenvalue weighted by atomic mass is 10.5. The van der Waals surface area contributed by atoms with Gasteiger partial charge in [0, 0.05) is 27.3 Å². The summed E-state index contributed by atoms with van der Waals surface area (Å²) in [6, 6.07) is 1.91. The van der Waals surface area contributed by atoms with Gasteiger partial charge in [0.05, 0.1) is 11.9 Å². The minimum absolute atomic E-state index is 0.999. The van der Waals surface area contributed by atoms with Gasteiger partial charge >= 0.3 is 0 Å². The first-order valence-corrected chi connectivity index (χ1v) is 3.39. The second-order valence-corrected chi connectivity index (χ2v) is 2.47. The second kappa shape index (κ2) is 3.18. The third kappa shape index (κ3) is 2.07. The van der Waals surface area contributed by atoms with Crippen LogP contribution in [0, 0.1) is 0 Å². The van der Waals surface area contributed by atoms with E-state index in [0.29, 0.717) is 0 Å². The lowest BCUT2D eigenvalue weighted by molar-refractivity contribution is 0.440. The van der Waals surface area contributed by atoms with E-state index in [9.17, 15) is 0 Å². The molecule has 0 atom stereocenters. The van der Waals surface area contributed by atoms with Crippen LogP contribution in [0.4, 0.5) is 0 Å². The number of hydrogen-bond acceptors (Lipinski definition) is 3. The van der Waals surface area contributed by atoms with Gasteiger partial charge in [0.2, 0.25) is 0 Å². The molecule has 0 aliphatic rings. The normalized spacial score (nSPS) is 10.8. The fourth-order valence-corrected chi connectivity index (χ4v) is 0.685. The van der Waals surface area contributed by atoms with Crippen LogP contribution < -0.4 is 0 Å². The van der Waals surface area contributed by atoms with Gasteiger partial charge in [-0.2, -0.15) is 10.2 Å². The van der Waals surface area contributed by atoms with E-state index in [1.807, 2.05) is 27.2 Å². The van der Waals surface area contributed by atoms with E-state index in [1.165, 1.54) is 0 Å². The quantitative estimate of drug-likeness (QED) is 0.451. The monoisotopic (exact) mass is 152 g/mol. The molecule has 1 aromatic rings. The van der Waals surface area contributed by atoms with E-state index in [0.717, 1.165) is 5.69 Å². The molecule has 0 saturated heterocycles. The molecular formula is C7H12N4. The van der Waals surface area contributed by atoms with Crippen LogP contribution in [0.2, 0.25) is 0 Å². The Morgan fingerprint density at radius 3 is 2.82 bits per heavy atom. The molecule has 1 aromatic heterocycles. The van der Waals surface area contributed by atoms with Crippen molar-refractivity contribution in [3.8, 4) is 0 Å². The number of nitrogens with zero attached hydrogens (tertiary/aromatic N) is 4. The number of aromatic nitrogens is 2. The maximum Gasteiger partial charge on any atom is 0.0807 e. The smallest absolute Gasteiger partial charge is 0.0807 e. The summed E-state index contributed by atoms with van der Waals surface area (Å²) in [4.78, 5) is 0. The first kappa shape index (κ1) is 7.78. The van der Waals surface area contributed by atoms with Crippen LogP contribution in [0.25, 0.3) is 0 Å². The van der Waals surface area contributed by atoms with E-state index in [4.69, 9.17) is 0 Å². The molecule has 0 amide bonds. The summed E-state index contributed by atoms with van der Waals surface area (Å²) < 4.78 is 1.77. The van der Waals surface area contributed by atoms with Crippen molar-refractivity contribution in [1.82, 2.24) is 14.8 Å². The summed E-state index contributed by atoms with van der Waals surface area (Å²) >= 11 is 0. The first-order valence-electron chi connectivity index (χ1n) is 3.39. The largest absolute Gasteiger partial charge is 0.303 e. The molecule has 0 aliphatic carbocycles. The van der Waals surface area contributed by atoms with Gasteiger partial charge in [0.1, 0.15) is 0 Å². The Morgan fingerprint density at radius 1 is 1.64 bits per heavy atom. The summed E-state index contributed by atoms with van der Waals surface area (Å²) in [5, 5.41) is 9.82. The van der Waals surface area contributed by atoms with Crippen molar-refractivity contribution in [2.75, 3.05) is 14.1 Å². The van der Waals surface area contributed by atoms with E-state index in [1.54, 1.807) is 22.1 Å². The molecule has 1 heterocycles. The average molecular weight is 152 g/mol. The lowest BCUT2D eigenvalue weighted by Crippen LogP contribution is -2.04. The van der Waals surface area contributed by atoms with Crippen molar-refractivity contribution in [3.05, 3.63) is 18.0 Å². The first-order chi connectivity index (χ1) is 5.20. The lowest BCUT2D eigenvalue weighted by Gasteiger charge is -2.01. The Balaban J connectivity index is 2.71. The number of rotatable bonds is 2. The molecule has 0 fully saturated rings. The maximum absolute atomic E-state index is 4.08. The standard InChI is InChI=1S/C7H12N4/c1-10(2)9-6-7-4-5-8-11(7)3/h4-6H,1-3H3/b9-6+. The van der Waals surface area contributed by atoms with Crippen molar-refractivity contribution >= 4 is 6.21 Å². The average Bonchev–Trinajstić information content (AvgIpc) is 2.31. The van der Waals surface area contributed by atoms with Gasteiger partial charge in [0.25, 0.3) is 0 Å². The van der Waals surface area contributed by atoms with E-state index in [2.05, 4.69) is 10.2 Å². The Bertz CT molecular complexity index is 249. The highest BCUT2D eigenvalue weighted by molar-refractivity contribution is 5.76. The fraction of sp³-hybridized carbons (Fsp3) is 0.429. The van der Waals surface area contributed by atoms with Gasteiger partial charge in [0.15, 0.2) is 0 Å². The zero-order chi connectivity index (χ0) is 8.27. The molecule has 0 aliphatic heterocycles. The van der Waals surface area contributed by atoms with Crippen molar-refractivity contribution < 1.29 is 0 Å². The van der Waals surface area contributed by atoms with Gasteiger partial charge < -0.3 is 5.01 Å². The molecule has 0 N–H and O–H groups in total. The third-order valence-corrected chi connectivity index (χ3v) is 1.28. The number of hydrazone groups is 1. The maximum atomic E-state index is 4.08. The summed E-state index contributed by atoms with van der Waals surface area (Å²) in [7, 11) is 5.65. The Labute approximate surface area is 66.1 Å². The molecule has 0 spiro atoms. The minimum atomic E-state index is 0.999. The van der Waals surface area contributed by atoms with Crippen LogP contribution in [0.1, 0.15) is 5.69 Å². The molecule has 0 aromatic carbocycles. The van der Waals surface area contributed by atoms with Crippen molar-refractivity contribution in [2.24, 2.45) is 12.1 Å². The van der Waals surface area contributed by atoms with Gasteiger partial charge in [-0.05, 0) is 6.07 Å². The second-order valence-electron chi connectivity index (χ2n) is 2.47. The molecule has 11 heavy (non-hydrogen) atoms. The van der Waals surface area contributed by atoms with Gasteiger partial charge in [-0.15, -0.1) is 0 Å². The van der Waals surface area contributed by atoms with Crippen LogP contribution >= 0.6 is 0 Å². The SMILES string of the molecule is CN(C)/N=C/c1ccnn1C. The summed E-state index contributed by atoms with van der Waals surface area (Å²) in [5.74, 6) is 0. The highest BCUT2D eigenvalue weighted by atomic mass is 15.4. The van der Waals surface area contributed by atoms with Crippen molar-refractivity contribution in [1.29, 1.82) is 0 Å². The van der Waals surface area contributed by atoms with Crippen LogP contribution in [0.15, 0.2) is 17.4 Å². The molecule has 4 nitrogen and oxygen atoms in total. The molecule has 60 valence electrons. The van der Waals surface area contributed by atoms with E-state index in [-0.39, 0.29) is 0 Å². The van der Waals surface area contributed by atoms with Crippen LogP contribution in [0.3, 0.4) is 0 Å². The topological polar surface area (TPSA) is 33.4 Å². The highest BCUT2D eigenvalue weighted by Crippen LogP contribution is 1.91. The fourth-order valence-electron chi connectivity index (χ4n) is 0.685. The summed E-state index contributed by atoms with van der Waals surface area (Å²) in [6.07, 6.45) is 3.52. The zero-order valence-electron chi connectivity index (χ0n) is 7.02. The van der Waals surface area contributed by atoms with Crippen LogP contribution in [-0.2, 0) is 7.05 Å². The van der Waals surface area contributed by atoms with Crippen LogP contribution in [-0.4, -0.2) is 35.1 Å². The molecule has 0 radical (unpaired) electrons. The third-order valence-electron chi connectivity index (χ3n) is 1.28. The molecular weight excluding hydrogens is 140 g/mol. The molecule has 1 rings (SSSR count). The van der Waals surface area contributed by atoms with Crippen LogP contribution in [0.5, 0.6) is 0 Å². The summed E-state index contributed by atoms with van der Waals surface area (Å²) in [5.41, 5.74) is 0.999. The van der Waals surface area contributed by atoms with E-state index >= 15 is 0 Å². The predicted molar refractivity (Wildman–Crippen MR) is 44.5 cm³/mol. The summed E-state index contributed by atoms with van der Waals surface area (Å²) in [6.45, 7) is 0. The molecule has 0 unspecified atom stereocenters. The Hall–Kier alpha value is -1.32. The molecule has 4 heteroatoms. The zero-order valence-corrected chi connectivity index (χ0v) is 7.02. The molecule has 0 saturated carbocycles. The Kier molecular flexibility index (Phi) is 2.25. The molecule has 0 bridgehead atoms. The minimum Gasteiger partial charge on any atom is -0.303 e. The number of hydrogen-bond donors (Lipinski definition) is 0. The highest BCUT2D eigenvalue weighted by Gasteiger charge is 1.91. The van der Waals surface area contributed by atoms with Crippen molar-refractivity contribution in [2.45, 2.75) is 0 Å². The Morgan fingerprint density at radius 2 is 2.36 bits per heavy atom. The predicted octanol–water partition coefficient (Wildman–Crippen LogP) is 0.316. The van der Waals surface area contributed by atoms with Gasteiger partial charge in [-0.3, -0.25) is 4.68 Å². The van der Waals surface area contributed by atoms with Gasteiger partial charge in [-0.25, -0.2) is 0 Å². The van der Waals surface area contributed by atoms with E-state index < -0.39 is 0 Å². The van der Waals surface area contributed by atoms with Gasteiger partial charge in [-0.1, -0.05) is 0 Å². The number of aryl methyl sites for hydroxylation is 1.